The molecule has 0 atom stereocenters. The number of carbonyl (C=O) groups excluding carboxylic acids is 1. The molecule has 0 unspecified atom stereocenters. The maximum Gasteiger partial charge on any atom is 0.164 e. The third-order valence-corrected chi connectivity index (χ3v) is 5.34. The summed E-state index contributed by atoms with van der Waals surface area (Å²) in [5, 5.41) is 10.8. The number of hydrogen-bond acceptors (Lipinski definition) is 3. The number of aliphatic hydroxyl groups excluding tert-OH is 1. The maximum absolute atomic E-state index is 11.5. The monoisotopic (exact) mass is 637 g/mol. The van der Waals surface area contributed by atoms with E-state index in [-0.39, 0.29) is 37.1 Å². The SMILES string of the molecule is CC(C)(C)C(=O)/C=C(\O)C(C)(C)C.Cc1[c-]c(-c2nc3ccc(C)cc3cc2C)cc(C)c1.[Ir]. The van der Waals surface area contributed by atoms with Gasteiger partial charge in [0.15, 0.2) is 5.78 Å². The zero-order valence-corrected chi connectivity index (χ0v) is 24.6. The molecule has 1 radical (unpaired) electrons. The van der Waals surface area contributed by atoms with Crippen LogP contribution >= 0.6 is 0 Å². The summed E-state index contributed by atoms with van der Waals surface area (Å²) < 4.78 is 0. The quantitative estimate of drug-likeness (QED) is 0.176. The molecule has 1 heterocycles. The van der Waals surface area contributed by atoms with E-state index in [1.165, 1.54) is 28.2 Å². The first-order chi connectivity index (χ1) is 15.1. The Kier molecular flexibility index (Phi) is 9.99. The number of fused-ring (bicyclic) bond motifs is 1. The molecule has 0 aliphatic rings. The van der Waals surface area contributed by atoms with E-state index in [0.29, 0.717) is 0 Å². The number of rotatable bonds is 2. The number of aromatic nitrogens is 1. The summed E-state index contributed by atoms with van der Waals surface area (Å²) in [7, 11) is 0. The molecule has 2 aromatic carbocycles. The predicted octanol–water partition coefficient (Wildman–Crippen LogP) is 8.02. The molecule has 3 aromatic rings. The Morgan fingerprint density at radius 3 is 2.03 bits per heavy atom. The summed E-state index contributed by atoms with van der Waals surface area (Å²) >= 11 is 0. The molecule has 3 rings (SSSR count). The molecule has 0 saturated heterocycles. The van der Waals surface area contributed by atoms with Crippen LogP contribution in [0.25, 0.3) is 22.2 Å². The molecule has 0 aliphatic carbocycles. The first-order valence-corrected chi connectivity index (χ1v) is 11.4. The van der Waals surface area contributed by atoms with E-state index < -0.39 is 5.41 Å². The van der Waals surface area contributed by atoms with Gasteiger partial charge in [0.1, 0.15) is 5.76 Å². The summed E-state index contributed by atoms with van der Waals surface area (Å²) in [5.41, 5.74) is 7.28. The predicted molar refractivity (Wildman–Crippen MR) is 140 cm³/mol. The molecule has 1 N–H and O–H groups in total. The molecule has 0 amide bonds. The fourth-order valence-electron chi connectivity index (χ4n) is 3.25. The molecule has 34 heavy (non-hydrogen) atoms. The normalized spacial score (nSPS) is 12.0. The van der Waals surface area contributed by atoms with Crippen LogP contribution in [0.2, 0.25) is 0 Å². The van der Waals surface area contributed by atoms with Crippen molar-refractivity contribution >= 4 is 16.7 Å². The molecule has 0 saturated carbocycles. The van der Waals surface area contributed by atoms with Crippen molar-refractivity contribution in [3.63, 3.8) is 0 Å². The van der Waals surface area contributed by atoms with Gasteiger partial charge in [-0.2, -0.15) is 0 Å². The number of aryl methyl sites for hydroxylation is 4. The average molecular weight is 637 g/mol. The number of nitrogens with zero attached hydrogens (tertiary/aromatic N) is 1. The minimum Gasteiger partial charge on any atom is -0.512 e. The van der Waals surface area contributed by atoms with E-state index in [1.807, 2.05) is 41.5 Å². The second-order valence-electron chi connectivity index (χ2n) is 11.0. The van der Waals surface area contributed by atoms with Crippen molar-refractivity contribution in [3.05, 3.63) is 76.6 Å². The molecule has 0 bridgehead atoms. The molecule has 4 heteroatoms. The minimum atomic E-state index is -0.417. The smallest absolute Gasteiger partial charge is 0.164 e. The third kappa shape index (κ3) is 8.18. The molecular formula is C30H38IrNO2-. The largest absolute Gasteiger partial charge is 0.512 e. The molecule has 3 nitrogen and oxygen atoms in total. The van der Waals surface area contributed by atoms with E-state index in [9.17, 15) is 9.90 Å². The molecule has 0 spiro atoms. The van der Waals surface area contributed by atoms with Crippen LogP contribution in [0.15, 0.2) is 48.2 Å². The van der Waals surface area contributed by atoms with E-state index in [2.05, 4.69) is 70.2 Å². The van der Waals surface area contributed by atoms with Crippen LogP contribution in [0.3, 0.4) is 0 Å². The van der Waals surface area contributed by atoms with Gasteiger partial charge in [-0.15, -0.1) is 34.9 Å². The fourth-order valence-corrected chi connectivity index (χ4v) is 3.25. The van der Waals surface area contributed by atoms with Crippen molar-refractivity contribution in [2.45, 2.75) is 69.2 Å². The zero-order valence-electron chi connectivity index (χ0n) is 22.2. The maximum atomic E-state index is 11.5. The van der Waals surface area contributed by atoms with Crippen molar-refractivity contribution in [1.82, 2.24) is 4.98 Å². The van der Waals surface area contributed by atoms with Gasteiger partial charge in [-0.05, 0) is 37.1 Å². The van der Waals surface area contributed by atoms with Gasteiger partial charge in [-0.1, -0.05) is 78.6 Å². The van der Waals surface area contributed by atoms with Crippen molar-refractivity contribution in [1.29, 1.82) is 0 Å². The number of pyridine rings is 1. The fraction of sp³-hybridized carbons (Fsp3) is 0.400. The molecule has 185 valence electrons. The van der Waals surface area contributed by atoms with Crippen LogP contribution in [0.1, 0.15) is 63.8 Å². The van der Waals surface area contributed by atoms with Gasteiger partial charge < -0.3 is 5.11 Å². The van der Waals surface area contributed by atoms with Crippen LogP contribution in [0.5, 0.6) is 0 Å². The van der Waals surface area contributed by atoms with Crippen LogP contribution in [0, 0.1) is 44.6 Å². The van der Waals surface area contributed by atoms with E-state index in [0.717, 1.165) is 22.3 Å². The number of allylic oxidation sites excluding steroid dienone is 2. The van der Waals surface area contributed by atoms with E-state index >= 15 is 0 Å². The number of hydrogen-bond donors (Lipinski definition) is 1. The van der Waals surface area contributed by atoms with Gasteiger partial charge in [0.2, 0.25) is 0 Å². The van der Waals surface area contributed by atoms with Crippen LogP contribution in [-0.2, 0) is 24.9 Å². The second-order valence-corrected chi connectivity index (χ2v) is 11.0. The van der Waals surface area contributed by atoms with Gasteiger partial charge in [0, 0.05) is 37.0 Å². The number of benzene rings is 2. The Morgan fingerprint density at radius 2 is 1.50 bits per heavy atom. The summed E-state index contributed by atoms with van der Waals surface area (Å²) in [4.78, 5) is 16.3. The van der Waals surface area contributed by atoms with Gasteiger partial charge >= 0.3 is 0 Å². The van der Waals surface area contributed by atoms with Gasteiger partial charge in [0.25, 0.3) is 0 Å². The summed E-state index contributed by atoms with van der Waals surface area (Å²) in [6.07, 6.45) is 1.33. The molecule has 1 aromatic heterocycles. The third-order valence-electron chi connectivity index (χ3n) is 5.34. The zero-order chi connectivity index (χ0) is 25.1. The van der Waals surface area contributed by atoms with Crippen LogP contribution in [-0.4, -0.2) is 15.9 Å². The van der Waals surface area contributed by atoms with Crippen LogP contribution < -0.4 is 0 Å². The Balaban J connectivity index is 0.000000364. The number of aliphatic hydroxyl groups is 1. The Hall–Kier alpha value is -2.29. The standard InChI is InChI=1S/C19H18N.C11H20O2.Ir/c1-12-5-6-18-16(8-12)11-15(4)19(20-18)17-9-13(2)7-14(3)10-17;1-10(2,3)8(12)7-9(13)11(4,5)6;/h5-9,11H,1-4H3;7,12H,1-6H3;/q-1;;/b;8-7-;. The molecule has 0 aliphatic heterocycles. The summed E-state index contributed by atoms with van der Waals surface area (Å²) in [6, 6.07) is 16.3. The second kappa shape index (κ2) is 11.4. The van der Waals surface area contributed by atoms with Crippen molar-refractivity contribution in [3.8, 4) is 11.3 Å². The van der Waals surface area contributed by atoms with Crippen molar-refractivity contribution in [2.75, 3.05) is 0 Å². The first kappa shape index (κ1) is 29.7. The number of carbonyl (C=O) groups is 1. The minimum absolute atomic E-state index is 0. The van der Waals surface area contributed by atoms with Gasteiger partial charge in [0.05, 0.1) is 5.52 Å². The van der Waals surface area contributed by atoms with Crippen LogP contribution in [0.4, 0.5) is 0 Å². The topological polar surface area (TPSA) is 50.2 Å². The van der Waals surface area contributed by atoms with E-state index in [1.54, 1.807) is 0 Å². The van der Waals surface area contributed by atoms with Crippen molar-refractivity contribution in [2.24, 2.45) is 10.8 Å². The Labute approximate surface area is 219 Å². The summed E-state index contributed by atoms with van der Waals surface area (Å²) in [6.45, 7) is 19.5. The average Bonchev–Trinajstić information content (AvgIpc) is 2.65. The summed E-state index contributed by atoms with van der Waals surface area (Å²) in [5.74, 6) is 0.104. The molecule has 0 fully saturated rings. The Morgan fingerprint density at radius 1 is 0.882 bits per heavy atom. The Bertz CT molecular complexity index is 1170. The van der Waals surface area contributed by atoms with Crippen molar-refractivity contribution < 1.29 is 30.0 Å². The van der Waals surface area contributed by atoms with Gasteiger partial charge in [-0.25, -0.2) is 0 Å². The first-order valence-electron chi connectivity index (χ1n) is 11.4. The molecular weight excluding hydrogens is 599 g/mol. The van der Waals surface area contributed by atoms with Gasteiger partial charge in [-0.3, -0.25) is 9.78 Å². The van der Waals surface area contributed by atoms with E-state index in [4.69, 9.17) is 4.98 Å². The number of ketones is 1.